The molecule has 2 rings (SSSR count). The van der Waals surface area contributed by atoms with Crippen LogP contribution in [0.2, 0.25) is 0 Å². The lowest BCUT2D eigenvalue weighted by molar-refractivity contribution is 0.136. The van der Waals surface area contributed by atoms with Crippen LogP contribution in [0.4, 0.5) is 4.79 Å². The third-order valence-corrected chi connectivity index (χ3v) is 2.94. The smallest absolute Gasteiger partial charge is 0.408 e. The molecule has 5 heteroatoms. The first-order valence-corrected chi connectivity index (χ1v) is 5.78. The van der Waals surface area contributed by atoms with Crippen molar-refractivity contribution in [2.75, 3.05) is 7.11 Å². The Morgan fingerprint density at radius 3 is 2.61 bits per heavy atom. The van der Waals surface area contributed by atoms with E-state index >= 15 is 0 Å². The third kappa shape index (κ3) is 2.80. The van der Waals surface area contributed by atoms with Crippen molar-refractivity contribution < 1.29 is 14.3 Å². The highest BCUT2D eigenvalue weighted by Crippen LogP contribution is 2.36. The number of hydrogen-bond donors (Lipinski definition) is 2. The van der Waals surface area contributed by atoms with Gasteiger partial charge < -0.3 is 14.8 Å². The summed E-state index contributed by atoms with van der Waals surface area (Å²) in [6, 6.07) is 9.45. The van der Waals surface area contributed by atoms with Gasteiger partial charge in [-0.25, -0.2) is 4.79 Å². The second kappa shape index (κ2) is 5.08. The number of alkyl carbamates (subject to hydrolysis) is 1. The van der Waals surface area contributed by atoms with Crippen LogP contribution in [0.15, 0.2) is 30.3 Å². The van der Waals surface area contributed by atoms with Crippen LogP contribution in [-0.4, -0.2) is 24.6 Å². The molecule has 18 heavy (non-hydrogen) atoms. The summed E-state index contributed by atoms with van der Waals surface area (Å²) in [6.07, 6.45) is 0.929. The van der Waals surface area contributed by atoms with Gasteiger partial charge in [-0.1, -0.05) is 30.3 Å². The van der Waals surface area contributed by atoms with Gasteiger partial charge in [0, 0.05) is 0 Å². The molecule has 1 saturated carbocycles. The number of hydrogen-bond acceptors (Lipinski definition) is 4. The molecule has 96 valence electrons. The van der Waals surface area contributed by atoms with Crippen LogP contribution in [0, 0.1) is 5.41 Å². The van der Waals surface area contributed by atoms with Gasteiger partial charge in [0.25, 0.3) is 0 Å². The highest BCUT2D eigenvalue weighted by molar-refractivity contribution is 5.90. The molecular formula is C13H16N2O3. The van der Waals surface area contributed by atoms with E-state index in [4.69, 9.17) is 14.9 Å². The Labute approximate surface area is 106 Å². The van der Waals surface area contributed by atoms with Gasteiger partial charge in [-0.2, -0.15) is 0 Å². The number of methoxy groups -OCH3 is 1. The van der Waals surface area contributed by atoms with Crippen LogP contribution in [0.25, 0.3) is 0 Å². The quantitative estimate of drug-likeness (QED) is 0.633. The predicted octanol–water partition coefficient (Wildman–Crippen LogP) is 2.07. The number of nitrogens with one attached hydrogen (secondary N) is 2. The number of benzene rings is 1. The van der Waals surface area contributed by atoms with Gasteiger partial charge in [-0.3, -0.25) is 5.41 Å². The summed E-state index contributed by atoms with van der Waals surface area (Å²) in [7, 11) is 1.43. The van der Waals surface area contributed by atoms with Crippen molar-refractivity contribution in [2.45, 2.75) is 25.0 Å². The Morgan fingerprint density at radius 2 is 2.06 bits per heavy atom. The zero-order valence-corrected chi connectivity index (χ0v) is 10.2. The normalized spacial score (nSPS) is 15.6. The summed E-state index contributed by atoms with van der Waals surface area (Å²) < 4.78 is 9.95. The molecule has 1 aliphatic rings. The van der Waals surface area contributed by atoms with Crippen molar-refractivity contribution in [3.8, 4) is 0 Å². The largest absolute Gasteiger partial charge is 0.483 e. The van der Waals surface area contributed by atoms with Crippen LogP contribution in [0.5, 0.6) is 0 Å². The van der Waals surface area contributed by atoms with Gasteiger partial charge in [-0.05, 0) is 18.4 Å². The van der Waals surface area contributed by atoms with Gasteiger partial charge >= 0.3 is 6.09 Å². The van der Waals surface area contributed by atoms with Gasteiger partial charge in [0.1, 0.15) is 12.1 Å². The number of carbonyl (C=O) groups is 1. The van der Waals surface area contributed by atoms with E-state index in [0.717, 1.165) is 18.4 Å². The monoisotopic (exact) mass is 248 g/mol. The lowest BCUT2D eigenvalue weighted by Gasteiger charge is -2.16. The highest BCUT2D eigenvalue weighted by Gasteiger charge is 2.50. The molecule has 0 bridgehead atoms. The third-order valence-electron chi connectivity index (χ3n) is 2.94. The lowest BCUT2D eigenvalue weighted by Crippen LogP contribution is -2.43. The average molecular weight is 248 g/mol. The maximum atomic E-state index is 11.6. The van der Waals surface area contributed by atoms with E-state index in [-0.39, 0.29) is 12.5 Å². The van der Waals surface area contributed by atoms with Crippen LogP contribution < -0.4 is 5.32 Å². The minimum Gasteiger partial charge on any atom is -0.483 e. The van der Waals surface area contributed by atoms with Crippen molar-refractivity contribution in [3.63, 3.8) is 0 Å². The topological polar surface area (TPSA) is 71.4 Å². The van der Waals surface area contributed by atoms with Crippen LogP contribution >= 0.6 is 0 Å². The highest BCUT2D eigenvalue weighted by atomic mass is 16.5. The number of amides is 1. The Hall–Kier alpha value is -2.04. The molecule has 0 saturated heterocycles. The van der Waals surface area contributed by atoms with Crippen molar-refractivity contribution >= 4 is 12.0 Å². The van der Waals surface area contributed by atoms with Gasteiger partial charge in [-0.15, -0.1) is 0 Å². The lowest BCUT2D eigenvalue weighted by atomic mass is 10.2. The fourth-order valence-corrected chi connectivity index (χ4v) is 1.68. The maximum Gasteiger partial charge on any atom is 0.408 e. The van der Waals surface area contributed by atoms with Crippen molar-refractivity contribution in [1.82, 2.24) is 5.32 Å². The minimum atomic E-state index is -0.636. The van der Waals surface area contributed by atoms with E-state index in [1.807, 2.05) is 30.3 Å². The first kappa shape index (κ1) is 12.4. The number of ether oxygens (including phenoxy) is 2. The number of rotatable bonds is 4. The molecule has 0 atom stereocenters. The molecule has 5 nitrogen and oxygen atoms in total. The van der Waals surface area contributed by atoms with E-state index in [2.05, 4.69) is 5.32 Å². The second-order valence-corrected chi connectivity index (χ2v) is 4.30. The zero-order chi connectivity index (χ0) is 13.0. The molecule has 0 spiro atoms. The van der Waals surface area contributed by atoms with Crippen molar-refractivity contribution in [1.29, 1.82) is 5.41 Å². The summed E-state index contributed by atoms with van der Waals surface area (Å²) in [6.45, 7) is 0.225. The molecule has 0 heterocycles. The van der Waals surface area contributed by atoms with Crippen molar-refractivity contribution in [2.24, 2.45) is 0 Å². The van der Waals surface area contributed by atoms with E-state index in [1.165, 1.54) is 7.11 Å². The summed E-state index contributed by atoms with van der Waals surface area (Å²) in [5.74, 6) is 0.0826. The Bertz CT molecular complexity index is 441. The van der Waals surface area contributed by atoms with Crippen molar-refractivity contribution in [3.05, 3.63) is 35.9 Å². The SMILES string of the molecule is COC(=N)C1(NC(=O)OCc2ccccc2)CC1. The fourth-order valence-electron chi connectivity index (χ4n) is 1.68. The molecule has 0 unspecified atom stereocenters. The molecule has 1 aliphatic carbocycles. The van der Waals surface area contributed by atoms with Gasteiger partial charge in [0.2, 0.25) is 5.90 Å². The van der Waals surface area contributed by atoms with Crippen LogP contribution in [0.3, 0.4) is 0 Å². The average Bonchev–Trinajstić information content (AvgIpc) is 3.17. The summed E-state index contributed by atoms with van der Waals surface area (Å²) in [5.41, 5.74) is 0.294. The first-order chi connectivity index (χ1) is 8.66. The first-order valence-electron chi connectivity index (χ1n) is 5.78. The summed E-state index contributed by atoms with van der Waals surface area (Å²) >= 11 is 0. The summed E-state index contributed by atoms with van der Waals surface area (Å²) in [5, 5.41) is 10.3. The van der Waals surface area contributed by atoms with Gasteiger partial charge in [0.05, 0.1) is 7.11 Å². The molecule has 1 aromatic rings. The summed E-state index contributed by atoms with van der Waals surface area (Å²) in [4.78, 5) is 11.6. The Balaban J connectivity index is 1.81. The molecular weight excluding hydrogens is 232 g/mol. The van der Waals surface area contributed by atoms with Gasteiger partial charge in [0.15, 0.2) is 0 Å². The van der Waals surface area contributed by atoms with Crippen LogP contribution in [-0.2, 0) is 16.1 Å². The number of carbonyl (C=O) groups excluding carboxylic acids is 1. The molecule has 1 aromatic carbocycles. The van der Waals surface area contributed by atoms with E-state index in [1.54, 1.807) is 0 Å². The molecule has 1 fully saturated rings. The zero-order valence-electron chi connectivity index (χ0n) is 10.2. The van der Waals surface area contributed by atoms with Crippen LogP contribution in [0.1, 0.15) is 18.4 Å². The standard InChI is InChI=1S/C13H16N2O3/c1-17-11(14)13(7-8-13)15-12(16)18-9-10-5-3-2-4-6-10/h2-6,14H,7-9H2,1H3,(H,15,16). The Morgan fingerprint density at radius 1 is 1.39 bits per heavy atom. The molecule has 0 aromatic heterocycles. The minimum absolute atomic E-state index is 0.0826. The van der Waals surface area contributed by atoms with E-state index in [9.17, 15) is 4.79 Å². The Kier molecular flexibility index (Phi) is 3.50. The maximum absolute atomic E-state index is 11.6. The molecule has 0 radical (unpaired) electrons. The predicted molar refractivity (Wildman–Crippen MR) is 66.5 cm³/mol. The molecule has 2 N–H and O–H groups in total. The fraction of sp³-hybridized carbons (Fsp3) is 0.385. The molecule has 0 aliphatic heterocycles. The second-order valence-electron chi connectivity index (χ2n) is 4.30. The molecule has 1 amide bonds. The van der Waals surface area contributed by atoms with E-state index < -0.39 is 11.6 Å². The van der Waals surface area contributed by atoms with E-state index in [0.29, 0.717) is 0 Å².